The van der Waals surface area contributed by atoms with Crippen molar-refractivity contribution in [1.82, 2.24) is 19.5 Å². The average Bonchev–Trinajstić information content (AvgIpc) is 3.70. The lowest BCUT2D eigenvalue weighted by molar-refractivity contribution is 1.18. The van der Waals surface area contributed by atoms with Gasteiger partial charge in [-0.25, -0.2) is 15.0 Å². The summed E-state index contributed by atoms with van der Waals surface area (Å²) in [5.74, 6) is 0.697. The van der Waals surface area contributed by atoms with Gasteiger partial charge < -0.3 is 4.57 Å². The molecule has 0 saturated heterocycles. The van der Waals surface area contributed by atoms with Crippen LogP contribution in [-0.2, 0) is 0 Å². The third kappa shape index (κ3) is 6.44. The van der Waals surface area contributed by atoms with E-state index in [2.05, 4.69) is 211 Å². The highest BCUT2D eigenvalue weighted by molar-refractivity contribution is 6.23. The van der Waals surface area contributed by atoms with Crippen molar-refractivity contribution in [1.29, 1.82) is 0 Å². The first-order valence-corrected chi connectivity index (χ1v) is 21.4. The molecule has 12 rings (SSSR count). The third-order valence-electron chi connectivity index (χ3n) is 12.2. The Morgan fingerprint density at radius 3 is 1.51 bits per heavy atom. The molecule has 12 aromatic rings. The highest BCUT2D eigenvalue weighted by Gasteiger charge is 2.20. The topological polar surface area (TPSA) is 43.6 Å². The second-order valence-corrected chi connectivity index (χ2v) is 16.0. The molecule has 0 spiro atoms. The lowest BCUT2D eigenvalue weighted by Crippen LogP contribution is -1.96. The number of nitrogens with zero attached hydrogens (tertiary/aromatic N) is 4. The van der Waals surface area contributed by atoms with Crippen molar-refractivity contribution in [2.45, 2.75) is 0 Å². The summed E-state index contributed by atoms with van der Waals surface area (Å²) in [5.41, 5.74) is 15.9. The number of hydrogen-bond acceptors (Lipinski definition) is 3. The van der Waals surface area contributed by atoms with E-state index in [9.17, 15) is 0 Å². The molecule has 0 radical (unpaired) electrons. The summed E-state index contributed by atoms with van der Waals surface area (Å²) in [6.45, 7) is 0. The largest absolute Gasteiger partial charge is 0.309 e. The molecule has 0 fully saturated rings. The quantitative estimate of drug-likeness (QED) is 0.151. The van der Waals surface area contributed by atoms with E-state index in [4.69, 9.17) is 15.0 Å². The zero-order chi connectivity index (χ0) is 41.7. The molecule has 0 unspecified atom stereocenters. The lowest BCUT2D eigenvalue weighted by atomic mass is 9.95. The number of rotatable bonds is 7. The Kier molecular flexibility index (Phi) is 8.79. The minimum atomic E-state index is 0.697. The number of fused-ring (bicyclic) bond motifs is 6. The maximum absolute atomic E-state index is 5.28. The van der Waals surface area contributed by atoms with Crippen LogP contribution in [0.4, 0.5) is 0 Å². The van der Waals surface area contributed by atoms with Gasteiger partial charge in [0.05, 0.1) is 33.6 Å². The van der Waals surface area contributed by atoms with E-state index in [1.807, 2.05) is 24.3 Å². The van der Waals surface area contributed by atoms with Crippen molar-refractivity contribution in [3.63, 3.8) is 0 Å². The van der Waals surface area contributed by atoms with Crippen molar-refractivity contribution in [2.75, 3.05) is 0 Å². The molecular formula is C59H38N4. The van der Waals surface area contributed by atoms with E-state index in [-0.39, 0.29) is 0 Å². The maximum atomic E-state index is 5.28. The Morgan fingerprint density at radius 2 is 0.841 bits per heavy atom. The predicted molar refractivity (Wildman–Crippen MR) is 262 cm³/mol. The molecule has 0 N–H and O–H groups in total. The van der Waals surface area contributed by atoms with Crippen LogP contribution in [0.5, 0.6) is 0 Å². The second-order valence-electron chi connectivity index (χ2n) is 16.0. The molecule has 0 aliphatic heterocycles. The van der Waals surface area contributed by atoms with Gasteiger partial charge in [0.25, 0.3) is 0 Å². The van der Waals surface area contributed by atoms with Crippen LogP contribution in [0.1, 0.15) is 0 Å². The van der Waals surface area contributed by atoms with E-state index in [0.29, 0.717) is 5.82 Å². The molecule has 0 atom stereocenters. The first-order chi connectivity index (χ1) is 31.2. The van der Waals surface area contributed by atoms with Gasteiger partial charge in [-0.2, -0.15) is 0 Å². The van der Waals surface area contributed by atoms with Crippen molar-refractivity contribution >= 4 is 43.5 Å². The molecule has 4 nitrogen and oxygen atoms in total. The zero-order valence-corrected chi connectivity index (χ0v) is 34.2. The molecule has 3 heterocycles. The van der Waals surface area contributed by atoms with Crippen molar-refractivity contribution < 1.29 is 0 Å². The van der Waals surface area contributed by atoms with Crippen LogP contribution in [0.25, 0.3) is 117 Å². The van der Waals surface area contributed by atoms with Gasteiger partial charge in [0.1, 0.15) is 0 Å². The minimum Gasteiger partial charge on any atom is -0.309 e. The Labute approximate surface area is 365 Å². The van der Waals surface area contributed by atoms with Gasteiger partial charge in [-0.15, -0.1) is 0 Å². The summed E-state index contributed by atoms with van der Waals surface area (Å²) in [7, 11) is 0. The van der Waals surface area contributed by atoms with Crippen LogP contribution < -0.4 is 0 Å². The molecule has 4 heteroatoms. The zero-order valence-electron chi connectivity index (χ0n) is 34.2. The van der Waals surface area contributed by atoms with Gasteiger partial charge in [-0.3, -0.25) is 0 Å². The summed E-state index contributed by atoms with van der Waals surface area (Å²) in [6.07, 6.45) is 0. The minimum absolute atomic E-state index is 0.697. The molecule has 63 heavy (non-hydrogen) atoms. The summed E-state index contributed by atoms with van der Waals surface area (Å²) in [6, 6.07) is 81.5. The number of benzene rings is 9. The van der Waals surface area contributed by atoms with Crippen LogP contribution in [0.3, 0.4) is 0 Å². The summed E-state index contributed by atoms with van der Waals surface area (Å²) in [4.78, 5) is 15.5. The van der Waals surface area contributed by atoms with E-state index in [1.165, 1.54) is 32.8 Å². The van der Waals surface area contributed by atoms with Gasteiger partial charge in [0.2, 0.25) is 0 Å². The Morgan fingerprint density at radius 1 is 0.302 bits per heavy atom. The van der Waals surface area contributed by atoms with Crippen LogP contribution in [0, 0.1) is 0 Å². The SMILES string of the molecule is c1ccc(-c2ccc(-c3cc(-c4ccc(-c5cccc6c5c5cc7c(cc5n6-c5ccccc5)c(-c5ccccc5)nc5ccccc57)cc4)nc(-c4ccccc4)n3)cc2)cc1. The Bertz CT molecular complexity index is 3620. The smallest absolute Gasteiger partial charge is 0.160 e. The Hall–Kier alpha value is -8.47. The van der Waals surface area contributed by atoms with Gasteiger partial charge in [-0.05, 0) is 70.1 Å². The van der Waals surface area contributed by atoms with Crippen LogP contribution >= 0.6 is 0 Å². The number of aromatic nitrogens is 4. The van der Waals surface area contributed by atoms with E-state index >= 15 is 0 Å². The molecule has 0 aliphatic rings. The number of para-hydroxylation sites is 2. The molecule has 294 valence electrons. The molecule has 0 saturated carbocycles. The summed E-state index contributed by atoms with van der Waals surface area (Å²) < 4.78 is 2.41. The van der Waals surface area contributed by atoms with Crippen molar-refractivity contribution in [2.24, 2.45) is 0 Å². The number of hydrogen-bond donors (Lipinski definition) is 0. The molecule has 3 aromatic heterocycles. The van der Waals surface area contributed by atoms with E-state index < -0.39 is 0 Å². The fourth-order valence-electron chi connectivity index (χ4n) is 9.17. The van der Waals surface area contributed by atoms with Crippen LogP contribution in [-0.4, -0.2) is 19.5 Å². The average molecular weight is 803 g/mol. The summed E-state index contributed by atoms with van der Waals surface area (Å²) >= 11 is 0. The van der Waals surface area contributed by atoms with Gasteiger partial charge >= 0.3 is 0 Å². The predicted octanol–water partition coefficient (Wildman–Crippen LogP) is 15.3. The molecule has 9 aromatic carbocycles. The first kappa shape index (κ1) is 36.4. The summed E-state index contributed by atoms with van der Waals surface area (Å²) in [5, 5.41) is 5.87. The molecule has 0 amide bonds. The van der Waals surface area contributed by atoms with Crippen molar-refractivity contribution in [3.05, 3.63) is 231 Å². The third-order valence-corrected chi connectivity index (χ3v) is 12.2. The lowest BCUT2D eigenvalue weighted by Gasteiger charge is -2.12. The highest BCUT2D eigenvalue weighted by Crippen LogP contribution is 2.43. The molecule has 0 aliphatic carbocycles. The fraction of sp³-hybridized carbons (Fsp3) is 0. The maximum Gasteiger partial charge on any atom is 0.160 e. The highest BCUT2D eigenvalue weighted by atomic mass is 15.0. The monoisotopic (exact) mass is 802 g/mol. The molecule has 0 bridgehead atoms. The number of pyridine rings is 1. The first-order valence-electron chi connectivity index (χ1n) is 21.4. The van der Waals surface area contributed by atoms with E-state index in [1.54, 1.807) is 0 Å². The standard InChI is InChI=1S/C59H38N4/c1-5-16-39(17-6-1)40-28-32-42(33-29-40)53-38-54(62-59(61-53)45-20-9-3-10-21-45)43-34-30-41(31-35-43)47-25-15-27-55-57(47)51-36-49-48-24-13-14-26-52(48)60-58(44-18-7-2-8-19-44)50(49)37-56(51)63(55)46-22-11-4-12-23-46/h1-38H. The van der Waals surface area contributed by atoms with Crippen LogP contribution in [0.2, 0.25) is 0 Å². The van der Waals surface area contributed by atoms with Crippen LogP contribution in [0.15, 0.2) is 231 Å². The normalized spacial score (nSPS) is 11.5. The van der Waals surface area contributed by atoms with Crippen molar-refractivity contribution in [3.8, 4) is 73.1 Å². The van der Waals surface area contributed by atoms with E-state index in [0.717, 1.165) is 77.9 Å². The van der Waals surface area contributed by atoms with Gasteiger partial charge in [-0.1, -0.05) is 188 Å². The van der Waals surface area contributed by atoms with Gasteiger partial charge in [0, 0.05) is 49.5 Å². The molecular weight excluding hydrogens is 765 g/mol. The fourth-order valence-corrected chi connectivity index (χ4v) is 9.17. The van der Waals surface area contributed by atoms with Gasteiger partial charge in [0.15, 0.2) is 5.82 Å². The second kappa shape index (κ2) is 15.2. The Balaban J connectivity index is 1.03.